The third kappa shape index (κ3) is 4.10. The van der Waals surface area contributed by atoms with Gasteiger partial charge in [-0.05, 0) is 18.2 Å². The van der Waals surface area contributed by atoms with Gasteiger partial charge in [-0.1, -0.05) is 25.1 Å². The molecule has 2 rings (SSSR count). The van der Waals surface area contributed by atoms with Crippen LogP contribution in [0.2, 0.25) is 0 Å². The maximum absolute atomic E-state index is 12.0. The van der Waals surface area contributed by atoms with E-state index in [1.165, 1.54) is 0 Å². The van der Waals surface area contributed by atoms with E-state index < -0.39 is 0 Å². The number of carbonyl (C=O) groups is 2. The summed E-state index contributed by atoms with van der Waals surface area (Å²) < 4.78 is 0. The highest BCUT2D eigenvalue weighted by atomic mass is 16.2. The van der Waals surface area contributed by atoms with Crippen LogP contribution in [0.3, 0.4) is 0 Å². The number of nitrogens with zero attached hydrogens (tertiary/aromatic N) is 3. The molecule has 0 unspecified atom stereocenters. The Kier molecular flexibility index (Phi) is 4.60. The molecule has 0 aliphatic heterocycles. The minimum Gasteiger partial charge on any atom is -0.345 e. The Morgan fingerprint density at radius 2 is 2.14 bits per heavy atom. The summed E-state index contributed by atoms with van der Waals surface area (Å²) in [5.41, 5.74) is 1.03. The first-order valence-electron chi connectivity index (χ1n) is 6.47. The van der Waals surface area contributed by atoms with Gasteiger partial charge >= 0.3 is 0 Å². The number of H-pyrrole nitrogens is 1. The van der Waals surface area contributed by atoms with Crippen molar-refractivity contribution in [3.63, 3.8) is 0 Å². The summed E-state index contributed by atoms with van der Waals surface area (Å²) in [5.74, 6) is -0.104. The summed E-state index contributed by atoms with van der Waals surface area (Å²) in [4.78, 5) is 23.6. The van der Waals surface area contributed by atoms with Crippen molar-refractivity contribution < 1.29 is 9.59 Å². The van der Waals surface area contributed by atoms with Crippen molar-refractivity contribution >= 4 is 17.5 Å². The molecule has 3 N–H and O–H groups in total. The average Bonchev–Trinajstić information content (AvgIpc) is 2.98. The number of aromatic amines is 1. The predicted molar refractivity (Wildman–Crippen MR) is 75.3 cm³/mol. The van der Waals surface area contributed by atoms with Gasteiger partial charge in [0.1, 0.15) is 0 Å². The average molecular weight is 288 g/mol. The summed E-state index contributed by atoms with van der Waals surface area (Å²) in [6.45, 7) is 3.78. The summed E-state index contributed by atoms with van der Waals surface area (Å²) in [6.07, 6.45) is 0. The summed E-state index contributed by atoms with van der Waals surface area (Å²) in [5, 5.41) is 18.6. The summed E-state index contributed by atoms with van der Waals surface area (Å²) in [7, 11) is 0. The molecule has 0 saturated heterocycles. The van der Waals surface area contributed by atoms with E-state index in [2.05, 4.69) is 31.3 Å². The van der Waals surface area contributed by atoms with Gasteiger partial charge in [-0.3, -0.25) is 9.59 Å². The molecule has 8 nitrogen and oxygen atoms in total. The molecule has 0 saturated carbocycles. The molecule has 0 fully saturated rings. The Balaban J connectivity index is 1.99. The molecular formula is C13H16N6O2. The topological polar surface area (TPSA) is 113 Å². The van der Waals surface area contributed by atoms with Crippen LogP contribution in [0.1, 0.15) is 30.0 Å². The Hall–Kier alpha value is -2.77. The van der Waals surface area contributed by atoms with E-state index in [9.17, 15) is 9.59 Å². The molecule has 110 valence electrons. The van der Waals surface area contributed by atoms with E-state index in [0.29, 0.717) is 17.1 Å². The normalized spacial score (nSPS) is 10.4. The van der Waals surface area contributed by atoms with E-state index in [4.69, 9.17) is 0 Å². The highest BCUT2D eigenvalue weighted by Crippen LogP contribution is 2.12. The van der Waals surface area contributed by atoms with E-state index >= 15 is 0 Å². The highest BCUT2D eigenvalue weighted by Gasteiger charge is 2.10. The lowest BCUT2D eigenvalue weighted by Crippen LogP contribution is -2.24. The van der Waals surface area contributed by atoms with Crippen LogP contribution >= 0.6 is 0 Å². The van der Waals surface area contributed by atoms with E-state index in [0.717, 1.165) is 0 Å². The molecule has 0 spiro atoms. The van der Waals surface area contributed by atoms with Crippen molar-refractivity contribution in [2.75, 3.05) is 5.32 Å². The van der Waals surface area contributed by atoms with Gasteiger partial charge < -0.3 is 10.6 Å². The first-order chi connectivity index (χ1) is 10.1. The fraction of sp³-hybridized carbons (Fsp3) is 0.308. The molecule has 0 aliphatic carbocycles. The summed E-state index contributed by atoms with van der Waals surface area (Å²) in [6, 6.07) is 6.72. The second kappa shape index (κ2) is 6.60. The van der Waals surface area contributed by atoms with Gasteiger partial charge in [-0.15, -0.1) is 10.2 Å². The molecule has 21 heavy (non-hydrogen) atoms. The monoisotopic (exact) mass is 288 g/mol. The zero-order valence-electron chi connectivity index (χ0n) is 11.8. The van der Waals surface area contributed by atoms with Crippen LogP contribution in [0.25, 0.3) is 0 Å². The second-order valence-corrected chi connectivity index (χ2v) is 4.74. The largest absolute Gasteiger partial charge is 0.345 e. The quantitative estimate of drug-likeness (QED) is 0.750. The Morgan fingerprint density at radius 3 is 2.81 bits per heavy atom. The maximum atomic E-state index is 12.0. The smallest absolute Gasteiger partial charge is 0.251 e. The number of carbonyl (C=O) groups excluding carboxylic acids is 2. The molecule has 1 aromatic heterocycles. The number of benzene rings is 1. The minimum atomic E-state index is -0.277. The first kappa shape index (κ1) is 14.6. The highest BCUT2D eigenvalue weighted by molar-refractivity contribution is 5.97. The fourth-order valence-electron chi connectivity index (χ4n) is 1.54. The predicted octanol–water partition coefficient (Wildman–Crippen LogP) is 0.724. The van der Waals surface area contributed by atoms with Gasteiger partial charge in [0.2, 0.25) is 5.91 Å². The number of nitrogens with one attached hydrogen (secondary N) is 3. The molecule has 1 heterocycles. The number of rotatable bonds is 5. The molecule has 0 radical (unpaired) electrons. The SMILES string of the molecule is CC(C)C(=O)Nc1cccc(C(=O)NCc2nn[nH]n2)c1. The Labute approximate surface area is 121 Å². The molecular weight excluding hydrogens is 272 g/mol. The fourth-order valence-corrected chi connectivity index (χ4v) is 1.54. The zero-order valence-corrected chi connectivity index (χ0v) is 11.8. The van der Waals surface area contributed by atoms with Crippen molar-refractivity contribution in [2.24, 2.45) is 5.92 Å². The minimum absolute atomic E-state index is 0.0978. The van der Waals surface area contributed by atoms with Gasteiger partial charge in [0.15, 0.2) is 5.82 Å². The van der Waals surface area contributed by atoms with Gasteiger partial charge in [-0.25, -0.2) is 0 Å². The summed E-state index contributed by atoms with van der Waals surface area (Å²) >= 11 is 0. The van der Waals surface area contributed by atoms with Crippen molar-refractivity contribution in [2.45, 2.75) is 20.4 Å². The van der Waals surface area contributed by atoms with Crippen LogP contribution in [-0.2, 0) is 11.3 Å². The lowest BCUT2D eigenvalue weighted by Gasteiger charge is -2.09. The number of hydrogen-bond acceptors (Lipinski definition) is 5. The number of amides is 2. The molecule has 8 heteroatoms. The molecule has 0 bridgehead atoms. The van der Waals surface area contributed by atoms with Crippen LogP contribution in [0, 0.1) is 5.92 Å². The molecule has 0 atom stereocenters. The maximum Gasteiger partial charge on any atom is 0.251 e. The van der Waals surface area contributed by atoms with Crippen molar-refractivity contribution in [3.05, 3.63) is 35.7 Å². The van der Waals surface area contributed by atoms with Gasteiger partial charge in [-0.2, -0.15) is 5.21 Å². The van der Waals surface area contributed by atoms with Crippen LogP contribution in [0.15, 0.2) is 24.3 Å². The lowest BCUT2D eigenvalue weighted by molar-refractivity contribution is -0.118. The number of anilines is 1. The number of aromatic nitrogens is 4. The van der Waals surface area contributed by atoms with E-state index in [-0.39, 0.29) is 24.3 Å². The van der Waals surface area contributed by atoms with Crippen LogP contribution < -0.4 is 10.6 Å². The number of tetrazole rings is 1. The Morgan fingerprint density at radius 1 is 1.33 bits per heavy atom. The molecule has 2 amide bonds. The Bertz CT molecular complexity index is 623. The van der Waals surface area contributed by atoms with E-state index in [1.54, 1.807) is 38.1 Å². The first-order valence-corrected chi connectivity index (χ1v) is 6.47. The van der Waals surface area contributed by atoms with Crippen LogP contribution in [0.4, 0.5) is 5.69 Å². The van der Waals surface area contributed by atoms with Crippen molar-refractivity contribution in [1.29, 1.82) is 0 Å². The van der Waals surface area contributed by atoms with Crippen molar-refractivity contribution in [3.8, 4) is 0 Å². The van der Waals surface area contributed by atoms with Crippen LogP contribution in [0.5, 0.6) is 0 Å². The van der Waals surface area contributed by atoms with Gasteiger partial charge in [0.25, 0.3) is 5.91 Å². The van der Waals surface area contributed by atoms with Crippen LogP contribution in [-0.4, -0.2) is 32.4 Å². The van der Waals surface area contributed by atoms with Crippen molar-refractivity contribution in [1.82, 2.24) is 25.9 Å². The lowest BCUT2D eigenvalue weighted by atomic mass is 10.1. The van der Waals surface area contributed by atoms with Gasteiger partial charge in [0, 0.05) is 17.2 Å². The van der Waals surface area contributed by atoms with Gasteiger partial charge in [0.05, 0.1) is 6.54 Å². The molecule has 1 aromatic carbocycles. The van der Waals surface area contributed by atoms with E-state index in [1.807, 2.05) is 0 Å². The number of hydrogen-bond donors (Lipinski definition) is 3. The third-order valence-electron chi connectivity index (χ3n) is 2.71. The zero-order chi connectivity index (χ0) is 15.2. The third-order valence-corrected chi connectivity index (χ3v) is 2.71. The molecule has 0 aliphatic rings. The second-order valence-electron chi connectivity index (χ2n) is 4.74. The molecule has 2 aromatic rings. The standard InChI is InChI=1S/C13H16N6O2/c1-8(2)12(20)15-10-5-3-4-9(6-10)13(21)14-7-11-16-18-19-17-11/h3-6,8H,7H2,1-2H3,(H,14,21)(H,15,20)(H,16,17,18,19).